The maximum Gasteiger partial charge on any atom is 0.317 e. The molecule has 122 valence electrons. The molecule has 1 heterocycles. The van der Waals surface area contributed by atoms with Gasteiger partial charge >= 0.3 is 12.0 Å². The zero-order valence-corrected chi connectivity index (χ0v) is 13.3. The van der Waals surface area contributed by atoms with Crippen molar-refractivity contribution < 1.29 is 19.4 Å². The molecule has 2 amide bonds. The standard InChI is InChI=1S/C15H28N2O4/c1-11(2)5-8-21-9-6-16-15(20)17-7-4-13(14(18)19)10-12(17)3/h11-13H,4-10H2,1-3H3,(H,16,20)(H,18,19). The number of piperidine rings is 1. The largest absolute Gasteiger partial charge is 0.481 e. The smallest absolute Gasteiger partial charge is 0.317 e. The fraction of sp³-hybridized carbons (Fsp3) is 0.867. The second-order valence-corrected chi connectivity index (χ2v) is 6.13. The summed E-state index contributed by atoms with van der Waals surface area (Å²) in [4.78, 5) is 24.7. The fourth-order valence-corrected chi connectivity index (χ4v) is 2.45. The maximum absolute atomic E-state index is 12.0. The van der Waals surface area contributed by atoms with Gasteiger partial charge in [-0.25, -0.2) is 4.79 Å². The van der Waals surface area contributed by atoms with Gasteiger partial charge in [0.1, 0.15) is 0 Å². The molecule has 1 rings (SSSR count). The predicted octanol–water partition coefficient (Wildman–Crippen LogP) is 1.94. The van der Waals surface area contributed by atoms with Crippen molar-refractivity contribution in [3.05, 3.63) is 0 Å². The lowest BCUT2D eigenvalue weighted by Crippen LogP contribution is -2.50. The van der Waals surface area contributed by atoms with Crippen LogP contribution in [0.3, 0.4) is 0 Å². The molecule has 6 heteroatoms. The zero-order valence-electron chi connectivity index (χ0n) is 13.3. The number of amides is 2. The number of carbonyl (C=O) groups excluding carboxylic acids is 1. The summed E-state index contributed by atoms with van der Waals surface area (Å²) >= 11 is 0. The first-order chi connectivity index (χ1) is 9.91. The van der Waals surface area contributed by atoms with E-state index < -0.39 is 5.97 Å². The Kier molecular flexibility index (Phi) is 7.50. The molecule has 2 unspecified atom stereocenters. The summed E-state index contributed by atoms with van der Waals surface area (Å²) in [5, 5.41) is 11.8. The summed E-state index contributed by atoms with van der Waals surface area (Å²) in [6, 6.07) is -0.166. The Hall–Kier alpha value is -1.30. The normalized spacial score (nSPS) is 22.4. The monoisotopic (exact) mass is 300 g/mol. The quantitative estimate of drug-likeness (QED) is 0.704. The van der Waals surface area contributed by atoms with Crippen LogP contribution in [0.5, 0.6) is 0 Å². The highest BCUT2D eigenvalue weighted by atomic mass is 16.5. The van der Waals surface area contributed by atoms with Gasteiger partial charge in [-0.05, 0) is 32.1 Å². The summed E-state index contributed by atoms with van der Waals surface area (Å²) in [6.07, 6.45) is 2.07. The van der Waals surface area contributed by atoms with Crippen molar-refractivity contribution in [2.75, 3.05) is 26.3 Å². The average Bonchev–Trinajstić information content (AvgIpc) is 2.41. The molecule has 0 radical (unpaired) electrons. The molecule has 0 saturated carbocycles. The van der Waals surface area contributed by atoms with Crippen molar-refractivity contribution >= 4 is 12.0 Å². The van der Waals surface area contributed by atoms with E-state index in [0.29, 0.717) is 45.1 Å². The Balaban J connectivity index is 2.19. The SMILES string of the molecule is CC(C)CCOCCNC(=O)N1CCC(C(=O)O)CC1C. The number of carboxylic acids is 1. The minimum atomic E-state index is -0.763. The molecule has 1 saturated heterocycles. The molecule has 21 heavy (non-hydrogen) atoms. The average molecular weight is 300 g/mol. The number of ether oxygens (including phenoxy) is 1. The van der Waals surface area contributed by atoms with Crippen LogP contribution in [0.15, 0.2) is 0 Å². The number of carboxylic acid groups (broad SMARTS) is 1. The number of nitrogens with zero attached hydrogens (tertiary/aromatic N) is 1. The fourth-order valence-electron chi connectivity index (χ4n) is 2.45. The first-order valence-corrected chi connectivity index (χ1v) is 7.76. The van der Waals surface area contributed by atoms with Crippen LogP contribution in [0.2, 0.25) is 0 Å². The molecule has 2 atom stereocenters. The predicted molar refractivity (Wildman–Crippen MR) is 80.2 cm³/mol. The highest BCUT2D eigenvalue weighted by Crippen LogP contribution is 2.22. The Bertz CT molecular complexity index is 347. The first kappa shape index (κ1) is 17.8. The van der Waals surface area contributed by atoms with Crippen molar-refractivity contribution in [2.45, 2.75) is 46.1 Å². The van der Waals surface area contributed by atoms with E-state index in [9.17, 15) is 9.59 Å². The van der Waals surface area contributed by atoms with E-state index >= 15 is 0 Å². The van der Waals surface area contributed by atoms with Gasteiger partial charge < -0.3 is 20.1 Å². The van der Waals surface area contributed by atoms with Crippen molar-refractivity contribution in [3.8, 4) is 0 Å². The molecule has 0 aromatic rings. The van der Waals surface area contributed by atoms with Gasteiger partial charge in [-0.3, -0.25) is 4.79 Å². The third-order valence-corrected chi connectivity index (χ3v) is 3.85. The van der Waals surface area contributed by atoms with Crippen LogP contribution in [0.4, 0.5) is 4.79 Å². The summed E-state index contributed by atoms with van der Waals surface area (Å²) in [6.45, 7) is 8.40. The van der Waals surface area contributed by atoms with Crippen molar-refractivity contribution in [1.82, 2.24) is 10.2 Å². The van der Waals surface area contributed by atoms with E-state index in [0.717, 1.165) is 6.42 Å². The molecule has 1 aliphatic heterocycles. The second-order valence-electron chi connectivity index (χ2n) is 6.13. The lowest BCUT2D eigenvalue weighted by Gasteiger charge is -2.36. The lowest BCUT2D eigenvalue weighted by atomic mass is 9.92. The Morgan fingerprint density at radius 1 is 1.38 bits per heavy atom. The van der Waals surface area contributed by atoms with E-state index in [1.807, 2.05) is 6.92 Å². The molecular formula is C15H28N2O4. The van der Waals surface area contributed by atoms with E-state index in [1.54, 1.807) is 4.90 Å². The minimum absolute atomic E-state index is 0.0401. The third-order valence-electron chi connectivity index (χ3n) is 3.85. The van der Waals surface area contributed by atoms with Gasteiger partial charge in [0.05, 0.1) is 12.5 Å². The topological polar surface area (TPSA) is 78.9 Å². The first-order valence-electron chi connectivity index (χ1n) is 7.76. The van der Waals surface area contributed by atoms with Crippen LogP contribution in [-0.4, -0.2) is 54.4 Å². The molecular weight excluding hydrogens is 272 g/mol. The molecule has 1 fully saturated rings. The van der Waals surface area contributed by atoms with E-state index in [1.165, 1.54) is 0 Å². The molecule has 0 aliphatic carbocycles. The Labute approximate surface area is 126 Å². The summed E-state index contributed by atoms with van der Waals surface area (Å²) < 4.78 is 5.45. The summed E-state index contributed by atoms with van der Waals surface area (Å²) in [5.41, 5.74) is 0. The molecule has 0 aromatic carbocycles. The molecule has 2 N–H and O–H groups in total. The van der Waals surface area contributed by atoms with Gasteiger partial charge in [-0.1, -0.05) is 13.8 Å². The van der Waals surface area contributed by atoms with Gasteiger partial charge in [-0.2, -0.15) is 0 Å². The summed E-state index contributed by atoms with van der Waals surface area (Å²) in [5.74, 6) is -0.472. The van der Waals surface area contributed by atoms with E-state index in [2.05, 4.69) is 19.2 Å². The molecule has 0 bridgehead atoms. The van der Waals surface area contributed by atoms with Crippen molar-refractivity contribution in [3.63, 3.8) is 0 Å². The molecule has 1 aliphatic rings. The number of hydrogen-bond acceptors (Lipinski definition) is 3. The number of rotatable bonds is 7. The minimum Gasteiger partial charge on any atom is -0.481 e. The number of urea groups is 1. The van der Waals surface area contributed by atoms with Gasteiger partial charge in [0.25, 0.3) is 0 Å². The van der Waals surface area contributed by atoms with Crippen LogP contribution in [0, 0.1) is 11.8 Å². The van der Waals surface area contributed by atoms with Crippen molar-refractivity contribution in [1.29, 1.82) is 0 Å². The number of aliphatic carboxylic acids is 1. The third kappa shape index (κ3) is 6.33. The maximum atomic E-state index is 12.0. The van der Waals surface area contributed by atoms with Crippen molar-refractivity contribution in [2.24, 2.45) is 11.8 Å². The number of likely N-dealkylation sites (tertiary alicyclic amines) is 1. The Morgan fingerprint density at radius 2 is 2.10 bits per heavy atom. The van der Waals surface area contributed by atoms with E-state index in [4.69, 9.17) is 9.84 Å². The van der Waals surface area contributed by atoms with Crippen LogP contribution < -0.4 is 5.32 Å². The highest BCUT2D eigenvalue weighted by molar-refractivity contribution is 5.75. The molecule has 6 nitrogen and oxygen atoms in total. The Morgan fingerprint density at radius 3 is 2.67 bits per heavy atom. The zero-order chi connectivity index (χ0) is 15.8. The van der Waals surface area contributed by atoms with Crippen LogP contribution >= 0.6 is 0 Å². The van der Waals surface area contributed by atoms with Crippen LogP contribution in [0.25, 0.3) is 0 Å². The van der Waals surface area contributed by atoms with Crippen LogP contribution in [0.1, 0.15) is 40.0 Å². The van der Waals surface area contributed by atoms with Gasteiger partial charge in [-0.15, -0.1) is 0 Å². The number of carbonyl (C=O) groups is 2. The summed E-state index contributed by atoms with van der Waals surface area (Å²) in [7, 11) is 0. The van der Waals surface area contributed by atoms with Gasteiger partial charge in [0, 0.05) is 25.7 Å². The number of hydrogen-bond donors (Lipinski definition) is 2. The van der Waals surface area contributed by atoms with Gasteiger partial charge in [0.15, 0.2) is 0 Å². The van der Waals surface area contributed by atoms with Crippen LogP contribution in [-0.2, 0) is 9.53 Å². The molecule has 0 aromatic heterocycles. The van der Waals surface area contributed by atoms with Gasteiger partial charge in [0.2, 0.25) is 0 Å². The second kappa shape index (κ2) is 8.87. The molecule has 0 spiro atoms. The highest BCUT2D eigenvalue weighted by Gasteiger charge is 2.31. The van der Waals surface area contributed by atoms with E-state index in [-0.39, 0.29) is 18.0 Å². The lowest BCUT2D eigenvalue weighted by molar-refractivity contribution is -0.143. The number of nitrogens with one attached hydrogen (secondary N) is 1.